The largest absolute Gasteiger partial charge is 0.378 e. The summed E-state index contributed by atoms with van der Waals surface area (Å²) in [5.74, 6) is -0.457. The summed E-state index contributed by atoms with van der Waals surface area (Å²) in [6.07, 6.45) is 3.39. The normalized spacial score (nSPS) is 14.8. The van der Waals surface area contributed by atoms with Gasteiger partial charge in [0.1, 0.15) is 29.3 Å². The molecule has 3 aromatic heterocycles. The molecule has 0 bridgehead atoms. The Morgan fingerprint density at radius 3 is 2.96 bits per heavy atom. The van der Waals surface area contributed by atoms with E-state index in [9.17, 15) is 9.18 Å². The van der Waals surface area contributed by atoms with Crippen molar-refractivity contribution in [2.45, 2.75) is 6.54 Å². The number of carbonyl (C=O) groups is 1. The van der Waals surface area contributed by atoms with E-state index in [1.807, 2.05) is 6.07 Å². The van der Waals surface area contributed by atoms with Crippen LogP contribution in [0.15, 0.2) is 36.7 Å². The van der Waals surface area contributed by atoms with Crippen LogP contribution in [-0.2, 0) is 16.1 Å². The van der Waals surface area contributed by atoms with Crippen LogP contribution in [0.2, 0.25) is 0 Å². The van der Waals surface area contributed by atoms with Gasteiger partial charge in [0, 0.05) is 24.7 Å². The molecular weight excluding hydrogens is 363 g/mol. The van der Waals surface area contributed by atoms with Gasteiger partial charge in [-0.25, -0.2) is 14.4 Å². The summed E-state index contributed by atoms with van der Waals surface area (Å²) in [4.78, 5) is 26.3. The van der Waals surface area contributed by atoms with Crippen LogP contribution in [0.3, 0.4) is 0 Å². The Hall–Kier alpha value is -3.33. The minimum atomic E-state index is -0.383. The Bertz CT molecular complexity index is 1180. The van der Waals surface area contributed by atoms with Crippen LogP contribution in [0.1, 0.15) is 0 Å². The zero-order valence-corrected chi connectivity index (χ0v) is 14.9. The van der Waals surface area contributed by atoms with E-state index >= 15 is 0 Å². The zero-order valence-electron chi connectivity index (χ0n) is 14.9. The highest BCUT2D eigenvalue weighted by molar-refractivity contribution is 5.94. The lowest BCUT2D eigenvalue weighted by atomic mass is 10.1. The van der Waals surface area contributed by atoms with Gasteiger partial charge in [0.15, 0.2) is 5.65 Å². The van der Waals surface area contributed by atoms with Crippen LogP contribution >= 0.6 is 0 Å². The number of amides is 1. The highest BCUT2D eigenvalue weighted by atomic mass is 19.1. The fourth-order valence-electron chi connectivity index (χ4n) is 3.44. The Morgan fingerprint density at radius 1 is 1.25 bits per heavy atom. The molecule has 1 aliphatic rings. The number of H-pyrrole nitrogens is 1. The number of aromatic amines is 1. The minimum absolute atomic E-state index is 0.0276. The lowest BCUT2D eigenvalue weighted by Gasteiger charge is -2.26. The first kappa shape index (κ1) is 16.8. The molecule has 0 saturated carbocycles. The molecule has 0 radical (unpaired) electrons. The molecule has 142 valence electrons. The number of aromatic nitrogens is 5. The Kier molecular flexibility index (Phi) is 4.01. The molecule has 4 heterocycles. The Morgan fingerprint density at radius 2 is 2.11 bits per heavy atom. The van der Waals surface area contributed by atoms with Crippen molar-refractivity contribution in [2.75, 3.05) is 26.3 Å². The lowest BCUT2D eigenvalue weighted by molar-refractivity contribution is -0.136. The smallest absolute Gasteiger partial charge is 0.244 e. The van der Waals surface area contributed by atoms with E-state index in [4.69, 9.17) is 4.74 Å². The molecule has 9 heteroatoms. The molecule has 1 saturated heterocycles. The average Bonchev–Trinajstić information content (AvgIpc) is 3.32. The van der Waals surface area contributed by atoms with Crippen LogP contribution in [0.4, 0.5) is 4.39 Å². The molecule has 5 rings (SSSR count). The van der Waals surface area contributed by atoms with Gasteiger partial charge in [0.2, 0.25) is 5.91 Å². The van der Waals surface area contributed by atoms with Crippen molar-refractivity contribution in [3.63, 3.8) is 0 Å². The molecule has 8 nitrogen and oxygen atoms in total. The van der Waals surface area contributed by atoms with Crippen LogP contribution in [0, 0.1) is 5.82 Å². The third-order valence-electron chi connectivity index (χ3n) is 4.87. The van der Waals surface area contributed by atoms with Crippen molar-refractivity contribution in [2.24, 2.45) is 0 Å². The van der Waals surface area contributed by atoms with Gasteiger partial charge in [0.05, 0.1) is 24.9 Å². The summed E-state index contributed by atoms with van der Waals surface area (Å²) < 4.78 is 20.7. The second kappa shape index (κ2) is 6.68. The summed E-state index contributed by atoms with van der Waals surface area (Å²) in [5.41, 5.74) is 3.09. The van der Waals surface area contributed by atoms with Gasteiger partial charge < -0.3 is 14.6 Å². The monoisotopic (exact) mass is 380 g/mol. The van der Waals surface area contributed by atoms with Crippen molar-refractivity contribution in [3.8, 4) is 11.4 Å². The number of nitrogens with one attached hydrogen (secondary N) is 1. The standard InChI is InChI=1S/C19H17FN6O2/c20-12-1-2-13-16(9-12)26(11-17(27)25-5-7-28-8-6-25)24-18(13)15-10-22-19-14(23-15)3-4-21-19/h1-4,9-10H,5-8,11H2,(H,21,22). The van der Waals surface area contributed by atoms with Crippen molar-refractivity contribution in [1.29, 1.82) is 0 Å². The predicted molar refractivity (Wildman–Crippen MR) is 100.0 cm³/mol. The van der Waals surface area contributed by atoms with Gasteiger partial charge in [-0.1, -0.05) is 0 Å². The van der Waals surface area contributed by atoms with Crippen LogP contribution in [0.25, 0.3) is 33.5 Å². The molecule has 28 heavy (non-hydrogen) atoms. The van der Waals surface area contributed by atoms with Gasteiger partial charge >= 0.3 is 0 Å². The van der Waals surface area contributed by atoms with Gasteiger partial charge in [0.25, 0.3) is 0 Å². The van der Waals surface area contributed by atoms with Crippen LogP contribution in [0.5, 0.6) is 0 Å². The summed E-state index contributed by atoms with van der Waals surface area (Å²) in [6, 6.07) is 6.25. The number of morpholine rings is 1. The van der Waals surface area contributed by atoms with Crippen molar-refractivity contribution >= 4 is 28.0 Å². The van der Waals surface area contributed by atoms with Crippen molar-refractivity contribution in [1.82, 2.24) is 29.6 Å². The second-order valence-corrected chi connectivity index (χ2v) is 6.63. The van der Waals surface area contributed by atoms with Crippen molar-refractivity contribution in [3.05, 3.63) is 42.5 Å². The number of rotatable bonds is 3. The summed E-state index contributed by atoms with van der Waals surface area (Å²) in [7, 11) is 0. The number of nitrogens with zero attached hydrogens (tertiary/aromatic N) is 5. The fraction of sp³-hybridized carbons (Fsp3) is 0.263. The van der Waals surface area contributed by atoms with E-state index in [0.29, 0.717) is 54.4 Å². The third kappa shape index (κ3) is 2.89. The molecule has 0 aliphatic carbocycles. The summed E-state index contributed by atoms with van der Waals surface area (Å²) in [6.45, 7) is 2.18. The highest BCUT2D eigenvalue weighted by Gasteiger charge is 2.21. The van der Waals surface area contributed by atoms with E-state index < -0.39 is 0 Å². The lowest BCUT2D eigenvalue weighted by Crippen LogP contribution is -2.42. The quantitative estimate of drug-likeness (QED) is 0.587. The van der Waals surface area contributed by atoms with E-state index in [2.05, 4.69) is 20.1 Å². The zero-order chi connectivity index (χ0) is 19.1. The number of hydrogen-bond acceptors (Lipinski definition) is 5. The van der Waals surface area contributed by atoms with E-state index in [1.165, 1.54) is 16.8 Å². The topological polar surface area (TPSA) is 88.9 Å². The second-order valence-electron chi connectivity index (χ2n) is 6.63. The number of benzene rings is 1. The number of carbonyl (C=O) groups excluding carboxylic acids is 1. The number of hydrogen-bond donors (Lipinski definition) is 1. The van der Waals surface area contributed by atoms with Crippen LogP contribution < -0.4 is 0 Å². The molecule has 0 spiro atoms. The predicted octanol–water partition coefficient (Wildman–Crippen LogP) is 1.97. The maximum Gasteiger partial charge on any atom is 0.244 e. The molecule has 0 unspecified atom stereocenters. The summed E-state index contributed by atoms with van der Waals surface area (Å²) >= 11 is 0. The Balaban J connectivity index is 1.57. The highest BCUT2D eigenvalue weighted by Crippen LogP contribution is 2.28. The molecular formula is C19H17FN6O2. The molecule has 4 aromatic rings. The first-order valence-electron chi connectivity index (χ1n) is 9.01. The Labute approximate surface area is 158 Å². The first-order chi connectivity index (χ1) is 13.7. The number of halogens is 1. The number of ether oxygens (including phenoxy) is 1. The molecule has 1 aliphatic heterocycles. The minimum Gasteiger partial charge on any atom is -0.378 e. The van der Waals surface area contributed by atoms with Gasteiger partial charge in [-0.05, 0) is 24.3 Å². The first-order valence-corrected chi connectivity index (χ1v) is 9.01. The van der Waals surface area contributed by atoms with Gasteiger partial charge in [-0.2, -0.15) is 5.10 Å². The average molecular weight is 380 g/mol. The fourth-order valence-corrected chi connectivity index (χ4v) is 3.44. The molecule has 1 amide bonds. The molecule has 0 atom stereocenters. The maximum absolute atomic E-state index is 13.9. The maximum atomic E-state index is 13.9. The van der Waals surface area contributed by atoms with Crippen LogP contribution in [-0.4, -0.2) is 61.8 Å². The molecule has 1 fully saturated rings. The van der Waals surface area contributed by atoms with E-state index in [0.717, 1.165) is 5.39 Å². The molecule has 1 N–H and O–H groups in total. The van der Waals surface area contributed by atoms with E-state index in [1.54, 1.807) is 23.4 Å². The third-order valence-corrected chi connectivity index (χ3v) is 4.87. The summed E-state index contributed by atoms with van der Waals surface area (Å²) in [5, 5.41) is 5.31. The van der Waals surface area contributed by atoms with Crippen molar-refractivity contribution < 1.29 is 13.9 Å². The van der Waals surface area contributed by atoms with E-state index in [-0.39, 0.29) is 18.3 Å². The SMILES string of the molecule is O=C(Cn1nc(-c2cnc3[nH]ccc3n2)c2ccc(F)cc21)N1CCOCC1. The number of fused-ring (bicyclic) bond motifs is 2. The molecule has 1 aromatic carbocycles. The van der Waals surface area contributed by atoms with Gasteiger partial charge in [-0.3, -0.25) is 9.48 Å². The van der Waals surface area contributed by atoms with Gasteiger partial charge in [-0.15, -0.1) is 0 Å².